The number of benzene rings is 2. The first kappa shape index (κ1) is 27.9. The SMILES string of the molecule is COC(=O)[C@@H]1CN(Cc2ccccc2)CC[C@H]1C#N.N#C[C@@H]1CCN(Cc2ccccc2)C[C@H]1C(N)=O. The van der Waals surface area contributed by atoms with Gasteiger partial charge in [0.2, 0.25) is 5.91 Å². The Balaban J connectivity index is 0.000000206. The average Bonchev–Trinajstić information content (AvgIpc) is 2.94. The quantitative estimate of drug-likeness (QED) is 0.604. The van der Waals surface area contributed by atoms with Gasteiger partial charge in [-0.1, -0.05) is 60.7 Å². The van der Waals surface area contributed by atoms with Crippen molar-refractivity contribution in [2.24, 2.45) is 29.4 Å². The van der Waals surface area contributed by atoms with Crippen molar-refractivity contribution in [2.45, 2.75) is 25.9 Å². The van der Waals surface area contributed by atoms with Gasteiger partial charge in [-0.15, -0.1) is 0 Å². The van der Waals surface area contributed by atoms with Crippen LogP contribution < -0.4 is 5.73 Å². The Kier molecular flexibility index (Phi) is 10.6. The highest BCUT2D eigenvalue weighted by Gasteiger charge is 2.35. The summed E-state index contributed by atoms with van der Waals surface area (Å²) in [5.41, 5.74) is 7.81. The van der Waals surface area contributed by atoms with E-state index in [1.165, 1.54) is 18.2 Å². The standard InChI is InChI=1S/C15H18N2O2.C14H17N3O/c1-19-15(18)14-11-17(8-7-13(14)9-16)10-12-5-3-2-4-6-12;15-8-12-6-7-17(10-13(12)14(16)18)9-11-4-2-1-3-5-11/h2-6,13-14H,7-8,10-11H2,1H3;1-5,12-13H,6-7,9-10H2,(H2,16,18)/t13-,14+;12-,13+/m00/s1. The molecule has 0 bridgehead atoms. The molecular weight excluding hydrogens is 466 g/mol. The van der Waals surface area contributed by atoms with Crippen LogP contribution in [0.2, 0.25) is 0 Å². The van der Waals surface area contributed by atoms with Gasteiger partial charge in [0.1, 0.15) is 0 Å². The number of amides is 1. The zero-order valence-electron chi connectivity index (χ0n) is 21.3. The number of carbonyl (C=O) groups excluding carboxylic acids is 2. The molecule has 2 aromatic rings. The molecule has 8 heteroatoms. The molecule has 194 valence electrons. The first-order chi connectivity index (χ1) is 17.9. The van der Waals surface area contributed by atoms with E-state index in [0.29, 0.717) is 13.1 Å². The number of rotatable bonds is 6. The molecule has 2 saturated heterocycles. The van der Waals surface area contributed by atoms with Gasteiger partial charge < -0.3 is 10.5 Å². The Morgan fingerprint density at radius 3 is 1.68 bits per heavy atom. The smallest absolute Gasteiger partial charge is 0.311 e. The van der Waals surface area contributed by atoms with Crippen LogP contribution >= 0.6 is 0 Å². The predicted octanol–water partition coefficient (Wildman–Crippen LogP) is 2.95. The van der Waals surface area contributed by atoms with Crippen LogP contribution in [0.4, 0.5) is 0 Å². The fraction of sp³-hybridized carbons (Fsp3) is 0.448. The van der Waals surface area contributed by atoms with Crippen LogP contribution in [-0.4, -0.2) is 55.0 Å². The number of likely N-dealkylation sites (tertiary alicyclic amines) is 2. The number of nitrogens with two attached hydrogens (primary N) is 1. The van der Waals surface area contributed by atoms with Gasteiger partial charge in [-0.2, -0.15) is 10.5 Å². The second-order valence-electron chi connectivity index (χ2n) is 9.63. The number of esters is 1. The van der Waals surface area contributed by atoms with Crippen molar-refractivity contribution < 1.29 is 14.3 Å². The van der Waals surface area contributed by atoms with E-state index in [0.717, 1.165) is 39.0 Å². The normalized spacial score (nSPS) is 24.0. The molecule has 0 radical (unpaired) electrons. The molecule has 2 aliphatic heterocycles. The summed E-state index contributed by atoms with van der Waals surface area (Å²) in [4.78, 5) is 27.5. The lowest BCUT2D eigenvalue weighted by molar-refractivity contribution is -0.148. The summed E-state index contributed by atoms with van der Waals surface area (Å²) < 4.78 is 4.80. The molecule has 2 N–H and O–H groups in total. The molecule has 2 heterocycles. The van der Waals surface area contributed by atoms with Gasteiger partial charge in [0.05, 0.1) is 42.9 Å². The molecule has 2 aliphatic rings. The van der Waals surface area contributed by atoms with Gasteiger partial charge in [0.25, 0.3) is 0 Å². The third-order valence-electron chi connectivity index (χ3n) is 7.09. The Hall–Kier alpha value is -3.72. The number of nitrogens with zero attached hydrogens (tertiary/aromatic N) is 4. The summed E-state index contributed by atoms with van der Waals surface area (Å²) in [5, 5.41) is 18.1. The largest absolute Gasteiger partial charge is 0.469 e. The van der Waals surface area contributed by atoms with Crippen LogP contribution in [-0.2, 0) is 27.4 Å². The number of piperidine rings is 2. The molecule has 0 unspecified atom stereocenters. The van der Waals surface area contributed by atoms with Crippen molar-refractivity contribution in [3.8, 4) is 12.1 Å². The first-order valence-electron chi connectivity index (χ1n) is 12.6. The van der Waals surface area contributed by atoms with E-state index in [1.54, 1.807) is 0 Å². The lowest BCUT2D eigenvalue weighted by Crippen LogP contribution is -2.45. The van der Waals surface area contributed by atoms with Crippen LogP contribution in [0.5, 0.6) is 0 Å². The third-order valence-corrected chi connectivity index (χ3v) is 7.09. The molecule has 37 heavy (non-hydrogen) atoms. The number of hydrogen-bond acceptors (Lipinski definition) is 7. The van der Waals surface area contributed by atoms with Gasteiger partial charge in [-0.25, -0.2) is 0 Å². The Labute approximate surface area is 219 Å². The van der Waals surface area contributed by atoms with E-state index >= 15 is 0 Å². The maximum atomic E-state index is 11.7. The summed E-state index contributed by atoms with van der Waals surface area (Å²) in [7, 11) is 1.38. The lowest BCUT2D eigenvalue weighted by Gasteiger charge is -2.34. The molecular formula is C29H35N5O3. The Morgan fingerprint density at radius 1 is 0.838 bits per heavy atom. The van der Waals surface area contributed by atoms with Crippen molar-refractivity contribution in [1.29, 1.82) is 10.5 Å². The number of methoxy groups -OCH3 is 1. The molecule has 4 atom stereocenters. The summed E-state index contributed by atoms with van der Waals surface area (Å²) in [6.45, 7) is 4.50. The van der Waals surface area contributed by atoms with Crippen LogP contribution in [0, 0.1) is 46.3 Å². The maximum absolute atomic E-state index is 11.7. The Morgan fingerprint density at radius 2 is 1.27 bits per heavy atom. The Bertz CT molecular complexity index is 1100. The number of nitriles is 2. The molecule has 0 saturated carbocycles. The van der Waals surface area contributed by atoms with Crippen LogP contribution in [0.15, 0.2) is 60.7 Å². The molecule has 1 amide bonds. The second-order valence-corrected chi connectivity index (χ2v) is 9.63. The molecule has 0 aromatic heterocycles. The monoisotopic (exact) mass is 501 g/mol. The number of ether oxygens (including phenoxy) is 1. The van der Waals surface area contributed by atoms with Gasteiger partial charge in [0.15, 0.2) is 0 Å². The minimum absolute atomic E-state index is 0.223. The van der Waals surface area contributed by atoms with Crippen molar-refractivity contribution in [1.82, 2.24) is 9.80 Å². The fourth-order valence-corrected chi connectivity index (χ4v) is 5.00. The zero-order chi connectivity index (χ0) is 26.6. The summed E-state index contributed by atoms with van der Waals surface area (Å²) >= 11 is 0. The topological polar surface area (TPSA) is 123 Å². The third kappa shape index (κ3) is 8.15. The van der Waals surface area contributed by atoms with Crippen molar-refractivity contribution in [3.63, 3.8) is 0 Å². The van der Waals surface area contributed by atoms with E-state index in [9.17, 15) is 9.59 Å². The van der Waals surface area contributed by atoms with Crippen LogP contribution in [0.25, 0.3) is 0 Å². The molecule has 4 rings (SSSR count). The minimum atomic E-state index is -0.362. The summed E-state index contributed by atoms with van der Waals surface area (Å²) in [5.74, 6) is -1.75. The number of hydrogen-bond donors (Lipinski definition) is 1. The molecule has 0 spiro atoms. The highest BCUT2D eigenvalue weighted by molar-refractivity contribution is 5.77. The fourth-order valence-electron chi connectivity index (χ4n) is 5.00. The lowest BCUT2D eigenvalue weighted by atomic mass is 9.86. The van der Waals surface area contributed by atoms with Crippen molar-refractivity contribution in [3.05, 3.63) is 71.8 Å². The van der Waals surface area contributed by atoms with Gasteiger partial charge in [-0.05, 0) is 37.1 Å². The highest BCUT2D eigenvalue weighted by Crippen LogP contribution is 2.26. The molecule has 2 aromatic carbocycles. The van der Waals surface area contributed by atoms with E-state index in [4.69, 9.17) is 21.0 Å². The zero-order valence-corrected chi connectivity index (χ0v) is 21.3. The van der Waals surface area contributed by atoms with E-state index in [2.05, 4.69) is 46.2 Å². The molecule has 8 nitrogen and oxygen atoms in total. The van der Waals surface area contributed by atoms with E-state index < -0.39 is 0 Å². The van der Waals surface area contributed by atoms with Crippen molar-refractivity contribution >= 4 is 11.9 Å². The van der Waals surface area contributed by atoms with Gasteiger partial charge in [-0.3, -0.25) is 19.4 Å². The number of primary amides is 1. The summed E-state index contributed by atoms with van der Waals surface area (Å²) in [6, 6.07) is 24.7. The molecule has 2 fully saturated rings. The molecule has 0 aliphatic carbocycles. The highest BCUT2D eigenvalue weighted by atomic mass is 16.5. The summed E-state index contributed by atoms with van der Waals surface area (Å²) in [6.07, 6.45) is 1.44. The van der Waals surface area contributed by atoms with Crippen LogP contribution in [0.3, 0.4) is 0 Å². The first-order valence-corrected chi connectivity index (χ1v) is 12.6. The maximum Gasteiger partial charge on any atom is 0.311 e. The average molecular weight is 502 g/mol. The van der Waals surface area contributed by atoms with Crippen LogP contribution in [0.1, 0.15) is 24.0 Å². The van der Waals surface area contributed by atoms with E-state index in [-0.39, 0.29) is 35.5 Å². The second kappa shape index (κ2) is 14.1. The number of carbonyl (C=O) groups is 2. The minimum Gasteiger partial charge on any atom is -0.469 e. The van der Waals surface area contributed by atoms with E-state index in [1.807, 2.05) is 36.4 Å². The predicted molar refractivity (Wildman–Crippen MR) is 139 cm³/mol. The van der Waals surface area contributed by atoms with Gasteiger partial charge >= 0.3 is 5.97 Å². The van der Waals surface area contributed by atoms with Gasteiger partial charge in [0, 0.05) is 26.2 Å². The van der Waals surface area contributed by atoms with Crippen molar-refractivity contribution in [2.75, 3.05) is 33.3 Å².